The van der Waals surface area contributed by atoms with E-state index in [0.717, 1.165) is 23.8 Å². The number of nitrogens with one attached hydrogen (secondary N) is 1. The van der Waals surface area contributed by atoms with Gasteiger partial charge >= 0.3 is 0 Å². The van der Waals surface area contributed by atoms with Crippen molar-refractivity contribution in [2.75, 3.05) is 23.7 Å². The third-order valence-corrected chi connectivity index (χ3v) is 7.60. The molecule has 2 amide bonds. The number of hydrogen-bond donors (Lipinski definition) is 1. The van der Waals surface area contributed by atoms with E-state index in [1.807, 2.05) is 58.9 Å². The number of carbonyl (C=O) groups excluding carboxylic acids is 2. The fourth-order valence-corrected chi connectivity index (χ4v) is 5.21. The van der Waals surface area contributed by atoms with Gasteiger partial charge < -0.3 is 15.0 Å². The van der Waals surface area contributed by atoms with Crippen LogP contribution in [0.1, 0.15) is 64.5 Å². The standard InChI is InChI=1S/C29H43N3O5S/c1-7-23(5)30-29(34)27(8-2)31(21-24-13-10-12-22(4)20-24)28(33)14-11-19-32(38(6,35)36)25-15-17-26(18-16-25)37-9-3/h10,12-13,15-18,20,23,27H,7-9,11,14,19,21H2,1-6H3,(H,30,34)/t23-,27+/m1/s1. The molecule has 0 saturated carbocycles. The summed E-state index contributed by atoms with van der Waals surface area (Å²) in [4.78, 5) is 28.3. The van der Waals surface area contributed by atoms with E-state index in [9.17, 15) is 18.0 Å². The van der Waals surface area contributed by atoms with E-state index >= 15 is 0 Å². The van der Waals surface area contributed by atoms with Crippen molar-refractivity contribution >= 4 is 27.5 Å². The van der Waals surface area contributed by atoms with Crippen molar-refractivity contribution in [1.29, 1.82) is 0 Å². The predicted octanol–water partition coefficient (Wildman–Crippen LogP) is 4.66. The molecular formula is C29H43N3O5S. The second-order valence-corrected chi connectivity index (χ2v) is 11.5. The maximum Gasteiger partial charge on any atom is 0.243 e. The quantitative estimate of drug-likeness (QED) is 0.351. The van der Waals surface area contributed by atoms with Gasteiger partial charge in [-0.1, -0.05) is 43.7 Å². The van der Waals surface area contributed by atoms with Gasteiger partial charge in [-0.3, -0.25) is 13.9 Å². The van der Waals surface area contributed by atoms with Crippen LogP contribution < -0.4 is 14.4 Å². The first kappa shape index (κ1) is 31.1. The topological polar surface area (TPSA) is 96.0 Å². The Morgan fingerprint density at radius 3 is 2.26 bits per heavy atom. The summed E-state index contributed by atoms with van der Waals surface area (Å²) in [5.74, 6) is 0.306. The molecule has 0 fully saturated rings. The SMILES string of the molecule is CCOc1ccc(N(CCCC(=O)N(Cc2cccc(C)c2)[C@@H](CC)C(=O)N[C@H](C)CC)S(C)(=O)=O)cc1. The zero-order valence-corrected chi connectivity index (χ0v) is 24.4. The van der Waals surface area contributed by atoms with Gasteiger partial charge in [-0.15, -0.1) is 0 Å². The van der Waals surface area contributed by atoms with Crippen LogP contribution >= 0.6 is 0 Å². The zero-order valence-electron chi connectivity index (χ0n) is 23.6. The molecule has 0 saturated heterocycles. The van der Waals surface area contributed by atoms with E-state index in [-0.39, 0.29) is 30.8 Å². The van der Waals surface area contributed by atoms with Crippen molar-refractivity contribution in [3.05, 3.63) is 59.7 Å². The molecule has 0 aliphatic heterocycles. The molecule has 2 aromatic rings. The smallest absolute Gasteiger partial charge is 0.243 e. The molecule has 2 rings (SSSR count). The molecule has 210 valence electrons. The van der Waals surface area contributed by atoms with Crippen LogP contribution in [0.25, 0.3) is 0 Å². The summed E-state index contributed by atoms with van der Waals surface area (Å²) in [5.41, 5.74) is 2.53. The highest BCUT2D eigenvalue weighted by Crippen LogP contribution is 2.23. The van der Waals surface area contributed by atoms with E-state index in [0.29, 0.717) is 37.4 Å². The summed E-state index contributed by atoms with van der Waals surface area (Å²) in [6.45, 7) is 10.7. The number of rotatable bonds is 15. The monoisotopic (exact) mass is 545 g/mol. The van der Waals surface area contributed by atoms with Crippen molar-refractivity contribution in [3.63, 3.8) is 0 Å². The maximum atomic E-state index is 13.5. The maximum absolute atomic E-state index is 13.5. The van der Waals surface area contributed by atoms with Crippen molar-refractivity contribution in [2.24, 2.45) is 0 Å². The number of anilines is 1. The van der Waals surface area contributed by atoms with Crippen LogP contribution in [-0.2, 0) is 26.2 Å². The van der Waals surface area contributed by atoms with Crippen LogP contribution in [0.15, 0.2) is 48.5 Å². The van der Waals surface area contributed by atoms with Crippen LogP contribution in [0, 0.1) is 6.92 Å². The van der Waals surface area contributed by atoms with E-state index < -0.39 is 16.1 Å². The summed E-state index contributed by atoms with van der Waals surface area (Å²) in [5, 5.41) is 3.01. The fraction of sp³-hybridized carbons (Fsp3) is 0.517. The number of sulfonamides is 1. The first-order valence-electron chi connectivity index (χ1n) is 13.4. The van der Waals surface area contributed by atoms with Gasteiger partial charge in [-0.2, -0.15) is 0 Å². The van der Waals surface area contributed by atoms with Crippen LogP contribution in [-0.4, -0.2) is 56.6 Å². The molecule has 0 bridgehead atoms. The molecular weight excluding hydrogens is 502 g/mol. The average molecular weight is 546 g/mol. The van der Waals surface area contributed by atoms with Crippen molar-refractivity contribution in [2.45, 2.75) is 78.9 Å². The molecule has 2 atom stereocenters. The van der Waals surface area contributed by atoms with Gasteiger partial charge in [0.05, 0.1) is 18.6 Å². The first-order valence-corrected chi connectivity index (χ1v) is 15.2. The van der Waals surface area contributed by atoms with Gasteiger partial charge in [0.25, 0.3) is 0 Å². The number of nitrogens with zero attached hydrogens (tertiary/aromatic N) is 2. The molecule has 1 N–H and O–H groups in total. The van der Waals surface area contributed by atoms with Crippen molar-refractivity contribution < 1.29 is 22.7 Å². The lowest BCUT2D eigenvalue weighted by molar-refractivity contribution is -0.141. The van der Waals surface area contributed by atoms with Gasteiger partial charge in [-0.05, 0) is 69.9 Å². The normalized spacial score (nSPS) is 12.9. The molecule has 8 nitrogen and oxygen atoms in total. The molecule has 0 aromatic heterocycles. The molecule has 0 radical (unpaired) electrons. The summed E-state index contributed by atoms with van der Waals surface area (Å²) < 4.78 is 31.8. The number of carbonyl (C=O) groups is 2. The van der Waals surface area contributed by atoms with E-state index in [1.165, 1.54) is 4.31 Å². The highest BCUT2D eigenvalue weighted by Gasteiger charge is 2.29. The van der Waals surface area contributed by atoms with Crippen LogP contribution in [0.2, 0.25) is 0 Å². The summed E-state index contributed by atoms with van der Waals surface area (Å²) >= 11 is 0. The van der Waals surface area contributed by atoms with E-state index in [4.69, 9.17) is 4.74 Å². The predicted molar refractivity (Wildman–Crippen MR) is 153 cm³/mol. The number of ether oxygens (including phenoxy) is 1. The second kappa shape index (κ2) is 14.8. The molecule has 0 heterocycles. The number of amides is 2. The lowest BCUT2D eigenvalue weighted by Gasteiger charge is -2.32. The molecule has 38 heavy (non-hydrogen) atoms. The lowest BCUT2D eigenvalue weighted by atomic mass is 10.1. The Balaban J connectivity index is 2.21. The van der Waals surface area contributed by atoms with Crippen molar-refractivity contribution in [1.82, 2.24) is 10.2 Å². The van der Waals surface area contributed by atoms with Gasteiger partial charge in [0, 0.05) is 25.6 Å². The van der Waals surface area contributed by atoms with Crippen LogP contribution in [0.5, 0.6) is 5.75 Å². The van der Waals surface area contributed by atoms with Gasteiger partial charge in [-0.25, -0.2) is 8.42 Å². The van der Waals surface area contributed by atoms with Gasteiger partial charge in [0.1, 0.15) is 11.8 Å². The van der Waals surface area contributed by atoms with Gasteiger partial charge in [0.15, 0.2) is 0 Å². The van der Waals surface area contributed by atoms with Gasteiger partial charge in [0.2, 0.25) is 21.8 Å². The number of benzene rings is 2. The molecule has 0 aliphatic rings. The lowest BCUT2D eigenvalue weighted by Crippen LogP contribution is -2.50. The minimum Gasteiger partial charge on any atom is -0.494 e. The highest BCUT2D eigenvalue weighted by atomic mass is 32.2. The Morgan fingerprint density at radius 2 is 1.71 bits per heavy atom. The van der Waals surface area contributed by atoms with Crippen LogP contribution in [0.3, 0.4) is 0 Å². The Morgan fingerprint density at radius 1 is 1.03 bits per heavy atom. The average Bonchev–Trinajstić information content (AvgIpc) is 2.86. The number of aryl methyl sites for hydroxylation is 1. The van der Waals surface area contributed by atoms with E-state index in [1.54, 1.807) is 29.2 Å². The second-order valence-electron chi connectivity index (χ2n) is 9.62. The van der Waals surface area contributed by atoms with Crippen molar-refractivity contribution in [3.8, 4) is 5.75 Å². The molecule has 2 aromatic carbocycles. The molecule has 0 spiro atoms. The molecule has 0 aliphatic carbocycles. The highest BCUT2D eigenvalue weighted by molar-refractivity contribution is 7.92. The summed E-state index contributed by atoms with van der Waals surface area (Å²) in [6, 6.07) is 14.1. The molecule has 0 unspecified atom stereocenters. The summed E-state index contributed by atoms with van der Waals surface area (Å²) in [6.07, 6.45) is 2.85. The Kier molecular flexibility index (Phi) is 12.1. The molecule has 9 heteroatoms. The summed E-state index contributed by atoms with van der Waals surface area (Å²) in [7, 11) is -3.56. The largest absolute Gasteiger partial charge is 0.494 e. The Labute approximate surface area is 228 Å². The Hall–Kier alpha value is -3.07. The number of hydrogen-bond acceptors (Lipinski definition) is 5. The Bertz CT molecular complexity index is 1150. The zero-order chi connectivity index (χ0) is 28.3. The third kappa shape index (κ3) is 9.35. The first-order chi connectivity index (χ1) is 18.0. The minimum absolute atomic E-state index is 0.00454. The third-order valence-electron chi connectivity index (χ3n) is 6.41. The van der Waals surface area contributed by atoms with E-state index in [2.05, 4.69) is 5.32 Å². The minimum atomic E-state index is -3.56. The van der Waals surface area contributed by atoms with Crippen LogP contribution in [0.4, 0.5) is 5.69 Å². The fourth-order valence-electron chi connectivity index (χ4n) is 4.25.